The first-order chi connectivity index (χ1) is 8.91. The Kier molecular flexibility index (Phi) is 3.37. The molecular formula is C12H11F2NO4. The number of aliphatic carboxylic acids is 1. The molecule has 2 N–H and O–H groups in total. The second-order valence-corrected chi connectivity index (χ2v) is 4.28. The number of carboxylic acids is 1. The summed E-state index contributed by atoms with van der Waals surface area (Å²) in [5, 5.41) is 17.9. The Morgan fingerprint density at radius 3 is 2.37 bits per heavy atom. The maximum Gasteiger partial charge on any atom is 0.326 e. The fourth-order valence-corrected chi connectivity index (χ4v) is 2.12. The van der Waals surface area contributed by atoms with Gasteiger partial charge in [-0.1, -0.05) is 0 Å². The van der Waals surface area contributed by atoms with Crippen LogP contribution < -0.4 is 0 Å². The van der Waals surface area contributed by atoms with Crippen LogP contribution in [0.4, 0.5) is 8.78 Å². The molecule has 0 aliphatic carbocycles. The molecule has 7 heteroatoms. The number of halogens is 2. The van der Waals surface area contributed by atoms with Gasteiger partial charge in [0.1, 0.15) is 6.04 Å². The Hall–Kier alpha value is -2.18. The Morgan fingerprint density at radius 1 is 1.26 bits per heavy atom. The molecule has 0 spiro atoms. The number of hydrogen-bond acceptors (Lipinski definition) is 3. The van der Waals surface area contributed by atoms with Crippen molar-refractivity contribution in [3.8, 4) is 5.75 Å². The van der Waals surface area contributed by atoms with Crippen LogP contribution in [0.1, 0.15) is 23.2 Å². The third-order valence-electron chi connectivity index (χ3n) is 3.06. The summed E-state index contributed by atoms with van der Waals surface area (Å²) in [6, 6.07) is 0.406. The summed E-state index contributed by atoms with van der Waals surface area (Å²) in [7, 11) is 0. The number of aromatic hydroxyl groups is 1. The highest BCUT2D eigenvalue weighted by molar-refractivity contribution is 5.97. The Morgan fingerprint density at radius 2 is 1.84 bits per heavy atom. The first-order valence-electron chi connectivity index (χ1n) is 5.63. The van der Waals surface area contributed by atoms with E-state index in [1.54, 1.807) is 0 Å². The highest BCUT2D eigenvalue weighted by atomic mass is 19.1. The van der Waals surface area contributed by atoms with E-state index in [2.05, 4.69) is 0 Å². The van der Waals surface area contributed by atoms with Crippen LogP contribution in [0.15, 0.2) is 12.1 Å². The highest BCUT2D eigenvalue weighted by Crippen LogP contribution is 2.25. The van der Waals surface area contributed by atoms with Gasteiger partial charge in [0.25, 0.3) is 5.91 Å². The second-order valence-electron chi connectivity index (χ2n) is 4.28. The average Bonchev–Trinajstić information content (AvgIpc) is 2.83. The second kappa shape index (κ2) is 4.83. The summed E-state index contributed by atoms with van der Waals surface area (Å²) in [4.78, 5) is 24.0. The number of nitrogens with zero attached hydrogens (tertiary/aromatic N) is 1. The van der Waals surface area contributed by atoms with E-state index in [1.807, 2.05) is 0 Å². The summed E-state index contributed by atoms with van der Waals surface area (Å²) >= 11 is 0. The largest absolute Gasteiger partial charge is 0.503 e. The molecular weight excluding hydrogens is 260 g/mol. The number of carboxylic acid groups (broad SMARTS) is 1. The van der Waals surface area contributed by atoms with Crippen LogP contribution >= 0.6 is 0 Å². The molecule has 19 heavy (non-hydrogen) atoms. The molecule has 0 bridgehead atoms. The summed E-state index contributed by atoms with van der Waals surface area (Å²) in [5.74, 6) is -5.58. The molecule has 0 aromatic heterocycles. The number of phenols is 1. The summed E-state index contributed by atoms with van der Waals surface area (Å²) in [6.07, 6.45) is 0.829. The van der Waals surface area contributed by atoms with Crippen LogP contribution in [-0.4, -0.2) is 39.6 Å². The Bertz CT molecular complexity index is 524. The quantitative estimate of drug-likeness (QED) is 0.851. The van der Waals surface area contributed by atoms with Crippen molar-refractivity contribution in [2.24, 2.45) is 0 Å². The van der Waals surface area contributed by atoms with Crippen LogP contribution in [0, 0.1) is 11.6 Å². The minimum Gasteiger partial charge on any atom is -0.503 e. The van der Waals surface area contributed by atoms with Crippen molar-refractivity contribution in [1.29, 1.82) is 0 Å². The van der Waals surface area contributed by atoms with Crippen molar-refractivity contribution in [3.05, 3.63) is 29.3 Å². The molecule has 0 radical (unpaired) electrons. The van der Waals surface area contributed by atoms with E-state index in [0.717, 1.165) is 4.90 Å². The molecule has 1 heterocycles. The van der Waals surface area contributed by atoms with E-state index in [4.69, 9.17) is 10.2 Å². The van der Waals surface area contributed by atoms with Gasteiger partial charge in [0.15, 0.2) is 17.4 Å². The fraction of sp³-hybridized carbons (Fsp3) is 0.333. The lowest BCUT2D eigenvalue weighted by Crippen LogP contribution is -2.40. The van der Waals surface area contributed by atoms with E-state index < -0.39 is 35.3 Å². The van der Waals surface area contributed by atoms with Gasteiger partial charge in [0.2, 0.25) is 0 Å². The molecule has 1 aromatic carbocycles. The van der Waals surface area contributed by atoms with Crippen molar-refractivity contribution in [1.82, 2.24) is 4.90 Å². The van der Waals surface area contributed by atoms with E-state index >= 15 is 0 Å². The smallest absolute Gasteiger partial charge is 0.326 e. The van der Waals surface area contributed by atoms with E-state index in [-0.39, 0.29) is 12.1 Å². The Balaban J connectivity index is 2.32. The minimum atomic E-state index is -1.26. The number of benzene rings is 1. The number of amides is 1. The van der Waals surface area contributed by atoms with Crippen molar-refractivity contribution in [3.63, 3.8) is 0 Å². The van der Waals surface area contributed by atoms with Crippen molar-refractivity contribution in [2.75, 3.05) is 6.54 Å². The molecule has 5 nitrogen and oxygen atoms in total. The minimum absolute atomic E-state index is 0.222. The number of rotatable bonds is 2. The molecule has 102 valence electrons. The van der Waals surface area contributed by atoms with Gasteiger partial charge in [-0.15, -0.1) is 0 Å². The molecule has 1 atom stereocenters. The topological polar surface area (TPSA) is 77.8 Å². The third-order valence-corrected chi connectivity index (χ3v) is 3.06. The highest BCUT2D eigenvalue weighted by Gasteiger charge is 2.34. The molecule has 1 saturated heterocycles. The van der Waals surface area contributed by atoms with Gasteiger partial charge in [0.05, 0.1) is 0 Å². The lowest BCUT2D eigenvalue weighted by molar-refractivity contribution is -0.141. The van der Waals surface area contributed by atoms with Crippen LogP contribution in [0.5, 0.6) is 5.75 Å². The van der Waals surface area contributed by atoms with Crippen LogP contribution in [0.2, 0.25) is 0 Å². The molecule has 0 saturated carbocycles. The Labute approximate surface area is 107 Å². The SMILES string of the molecule is O=C(O)[C@@H]1CCCN1C(=O)c1cc(F)c(O)c(F)c1. The maximum absolute atomic E-state index is 13.2. The summed E-state index contributed by atoms with van der Waals surface area (Å²) in [5.41, 5.74) is -0.319. The van der Waals surface area contributed by atoms with Gasteiger partial charge < -0.3 is 15.1 Å². The number of likely N-dealkylation sites (tertiary alicyclic amines) is 1. The number of phenolic OH excluding ortho intramolecular Hbond substituents is 1. The summed E-state index contributed by atoms with van der Waals surface area (Å²) < 4.78 is 26.3. The van der Waals surface area contributed by atoms with Gasteiger partial charge in [-0.25, -0.2) is 13.6 Å². The molecule has 1 amide bonds. The normalized spacial score (nSPS) is 18.6. The number of hydrogen-bond donors (Lipinski definition) is 2. The first-order valence-corrected chi connectivity index (χ1v) is 5.63. The van der Waals surface area contributed by atoms with Crippen molar-refractivity contribution < 1.29 is 28.6 Å². The number of carbonyl (C=O) groups is 2. The van der Waals surface area contributed by atoms with Gasteiger partial charge >= 0.3 is 5.97 Å². The fourth-order valence-electron chi connectivity index (χ4n) is 2.12. The predicted octanol–water partition coefficient (Wildman–Crippen LogP) is 1.36. The monoisotopic (exact) mass is 271 g/mol. The van der Waals surface area contributed by atoms with Gasteiger partial charge in [-0.05, 0) is 25.0 Å². The zero-order chi connectivity index (χ0) is 14.2. The molecule has 2 rings (SSSR count). The van der Waals surface area contributed by atoms with E-state index in [1.165, 1.54) is 0 Å². The van der Waals surface area contributed by atoms with Gasteiger partial charge in [-0.2, -0.15) is 0 Å². The predicted molar refractivity (Wildman–Crippen MR) is 59.7 cm³/mol. The van der Waals surface area contributed by atoms with Crippen molar-refractivity contribution in [2.45, 2.75) is 18.9 Å². The standard InChI is InChI=1S/C12H11F2NO4/c13-7-4-6(5-8(14)10(7)16)11(17)15-3-1-2-9(15)12(18)19/h4-5,9,16H,1-3H2,(H,18,19)/t9-/m0/s1. The lowest BCUT2D eigenvalue weighted by Gasteiger charge is -2.21. The third kappa shape index (κ3) is 2.35. The van der Waals surface area contributed by atoms with E-state index in [0.29, 0.717) is 25.0 Å². The maximum atomic E-state index is 13.2. The van der Waals surface area contributed by atoms with Crippen molar-refractivity contribution >= 4 is 11.9 Å². The lowest BCUT2D eigenvalue weighted by atomic mass is 10.1. The van der Waals surface area contributed by atoms with Crippen LogP contribution in [-0.2, 0) is 4.79 Å². The zero-order valence-electron chi connectivity index (χ0n) is 9.77. The summed E-state index contributed by atoms with van der Waals surface area (Å²) in [6.45, 7) is 0.222. The molecule has 1 aromatic rings. The van der Waals surface area contributed by atoms with Crippen LogP contribution in [0.25, 0.3) is 0 Å². The molecule has 1 fully saturated rings. The average molecular weight is 271 g/mol. The molecule has 1 aliphatic rings. The molecule has 1 aliphatic heterocycles. The van der Waals surface area contributed by atoms with E-state index in [9.17, 15) is 18.4 Å². The van der Waals surface area contributed by atoms with Crippen LogP contribution in [0.3, 0.4) is 0 Å². The zero-order valence-corrected chi connectivity index (χ0v) is 9.77. The molecule has 0 unspecified atom stereocenters. The van der Waals surface area contributed by atoms with Gasteiger partial charge in [-0.3, -0.25) is 4.79 Å². The first kappa shape index (κ1) is 13.3. The number of carbonyl (C=O) groups excluding carboxylic acids is 1. The van der Waals surface area contributed by atoms with Gasteiger partial charge in [0, 0.05) is 12.1 Å².